The third kappa shape index (κ3) is 4.10. The van der Waals surface area contributed by atoms with Crippen molar-refractivity contribution < 1.29 is 4.79 Å². The molecule has 0 unspecified atom stereocenters. The van der Waals surface area contributed by atoms with Crippen molar-refractivity contribution in [3.8, 4) is 0 Å². The van der Waals surface area contributed by atoms with Crippen LogP contribution in [0.5, 0.6) is 0 Å². The molecule has 0 fully saturated rings. The van der Waals surface area contributed by atoms with E-state index in [4.69, 9.17) is 5.73 Å². The van der Waals surface area contributed by atoms with Crippen LogP contribution in [0.25, 0.3) is 0 Å². The molecule has 0 bridgehead atoms. The van der Waals surface area contributed by atoms with Crippen molar-refractivity contribution in [2.45, 2.75) is 40.2 Å². The maximum atomic E-state index is 11.9. The summed E-state index contributed by atoms with van der Waals surface area (Å²) in [5, 5.41) is 2.87. The van der Waals surface area contributed by atoms with Gasteiger partial charge in [-0.3, -0.25) is 4.79 Å². The molecule has 1 rings (SSSR count). The van der Waals surface area contributed by atoms with Gasteiger partial charge in [0.1, 0.15) is 0 Å². The predicted octanol–water partition coefficient (Wildman–Crippen LogP) is 3.38. The lowest BCUT2D eigenvalue weighted by molar-refractivity contribution is -0.117. The Balaban J connectivity index is 2.76. The molecule has 0 spiro atoms. The summed E-state index contributed by atoms with van der Waals surface area (Å²) in [5.41, 5.74) is 8.85. The van der Waals surface area contributed by atoms with Gasteiger partial charge in [-0.05, 0) is 49.4 Å². The van der Waals surface area contributed by atoms with Crippen LogP contribution in [-0.4, -0.2) is 11.9 Å². The number of aryl methyl sites for hydroxylation is 2. The fourth-order valence-corrected chi connectivity index (χ4v) is 2.10. The molecule has 0 aliphatic heterocycles. The van der Waals surface area contributed by atoms with Crippen LogP contribution in [0.4, 0.5) is 5.69 Å². The van der Waals surface area contributed by atoms with Gasteiger partial charge in [0.2, 0.25) is 5.91 Å². The predicted molar refractivity (Wildman–Crippen MR) is 79.7 cm³/mol. The Morgan fingerprint density at radius 1 is 1.33 bits per heavy atom. The zero-order valence-electron chi connectivity index (χ0n) is 11.4. The first-order valence-corrected chi connectivity index (χ1v) is 6.93. The van der Waals surface area contributed by atoms with E-state index in [0.29, 0.717) is 12.3 Å². The molecule has 0 aliphatic rings. The number of hydrogen-bond acceptors (Lipinski definition) is 2. The summed E-state index contributed by atoms with van der Waals surface area (Å²) in [4.78, 5) is 11.9. The summed E-state index contributed by atoms with van der Waals surface area (Å²) >= 11 is 3.50. The average molecular weight is 313 g/mol. The highest BCUT2D eigenvalue weighted by atomic mass is 79.9. The van der Waals surface area contributed by atoms with Crippen molar-refractivity contribution in [1.82, 2.24) is 0 Å². The van der Waals surface area contributed by atoms with E-state index in [1.807, 2.05) is 26.0 Å². The number of benzene rings is 1. The first-order valence-electron chi connectivity index (χ1n) is 6.14. The van der Waals surface area contributed by atoms with Crippen molar-refractivity contribution in [2.24, 2.45) is 11.7 Å². The number of nitrogens with two attached hydrogens (primary N) is 1. The smallest absolute Gasteiger partial charge is 0.241 e. The van der Waals surface area contributed by atoms with Gasteiger partial charge in [0.25, 0.3) is 0 Å². The van der Waals surface area contributed by atoms with Gasteiger partial charge < -0.3 is 11.1 Å². The number of rotatable bonds is 4. The minimum absolute atomic E-state index is 0.121. The molecule has 1 aromatic carbocycles. The molecular weight excluding hydrogens is 292 g/mol. The van der Waals surface area contributed by atoms with Gasteiger partial charge in [0, 0.05) is 10.2 Å². The SMILES string of the molecule is Cc1cc(NC(=O)[C@@H](N)CC(C)C)cc(C)c1Br. The third-order valence-electron chi connectivity index (χ3n) is 2.77. The molecule has 0 saturated heterocycles. The lowest BCUT2D eigenvalue weighted by Gasteiger charge is -2.15. The van der Waals surface area contributed by atoms with E-state index in [1.54, 1.807) is 0 Å². The molecular formula is C14H21BrN2O. The molecule has 1 atom stereocenters. The maximum absolute atomic E-state index is 11.9. The highest BCUT2D eigenvalue weighted by Crippen LogP contribution is 2.25. The van der Waals surface area contributed by atoms with E-state index in [1.165, 1.54) is 0 Å². The molecule has 0 saturated carbocycles. The summed E-state index contributed by atoms with van der Waals surface area (Å²) < 4.78 is 1.08. The second-order valence-electron chi connectivity index (χ2n) is 5.15. The van der Waals surface area contributed by atoms with Crippen LogP contribution < -0.4 is 11.1 Å². The highest BCUT2D eigenvalue weighted by molar-refractivity contribution is 9.10. The molecule has 3 N–H and O–H groups in total. The number of halogens is 1. The van der Waals surface area contributed by atoms with Crippen LogP contribution >= 0.6 is 15.9 Å². The second-order valence-corrected chi connectivity index (χ2v) is 5.94. The lowest BCUT2D eigenvalue weighted by atomic mass is 10.0. The topological polar surface area (TPSA) is 55.1 Å². The van der Waals surface area contributed by atoms with Crippen molar-refractivity contribution in [3.63, 3.8) is 0 Å². The number of amides is 1. The Morgan fingerprint density at radius 3 is 2.28 bits per heavy atom. The minimum atomic E-state index is -0.450. The zero-order chi connectivity index (χ0) is 13.9. The Hall–Kier alpha value is -0.870. The van der Waals surface area contributed by atoms with Gasteiger partial charge in [0.05, 0.1) is 6.04 Å². The van der Waals surface area contributed by atoms with E-state index in [0.717, 1.165) is 21.3 Å². The van der Waals surface area contributed by atoms with Crippen LogP contribution in [-0.2, 0) is 4.79 Å². The standard InChI is InChI=1S/C14H21BrN2O/c1-8(2)5-12(16)14(18)17-11-6-9(3)13(15)10(4)7-11/h6-8,12H,5,16H2,1-4H3,(H,17,18)/t12-/m0/s1. The molecule has 0 aliphatic carbocycles. The van der Waals surface area contributed by atoms with E-state index in [9.17, 15) is 4.79 Å². The van der Waals surface area contributed by atoms with Gasteiger partial charge in [-0.25, -0.2) is 0 Å². The summed E-state index contributed by atoms with van der Waals surface area (Å²) in [5.74, 6) is 0.295. The fourth-order valence-electron chi connectivity index (χ4n) is 1.87. The molecule has 18 heavy (non-hydrogen) atoms. The lowest BCUT2D eigenvalue weighted by Crippen LogP contribution is -2.36. The van der Waals surface area contributed by atoms with Crippen LogP contribution in [0.2, 0.25) is 0 Å². The molecule has 100 valence electrons. The maximum Gasteiger partial charge on any atom is 0.241 e. The quantitative estimate of drug-likeness (QED) is 0.895. The normalized spacial score (nSPS) is 12.6. The van der Waals surface area contributed by atoms with E-state index in [2.05, 4.69) is 35.1 Å². The van der Waals surface area contributed by atoms with E-state index >= 15 is 0 Å². The highest BCUT2D eigenvalue weighted by Gasteiger charge is 2.15. The molecule has 0 aromatic heterocycles. The number of anilines is 1. The number of nitrogens with one attached hydrogen (secondary N) is 1. The van der Waals surface area contributed by atoms with Crippen LogP contribution in [0.15, 0.2) is 16.6 Å². The van der Waals surface area contributed by atoms with Crippen molar-refractivity contribution in [1.29, 1.82) is 0 Å². The monoisotopic (exact) mass is 312 g/mol. The van der Waals surface area contributed by atoms with Gasteiger partial charge in [-0.2, -0.15) is 0 Å². The van der Waals surface area contributed by atoms with Crippen molar-refractivity contribution >= 4 is 27.5 Å². The second kappa shape index (κ2) is 6.34. The van der Waals surface area contributed by atoms with Crippen molar-refractivity contribution in [2.75, 3.05) is 5.32 Å². The van der Waals surface area contributed by atoms with E-state index < -0.39 is 6.04 Å². The van der Waals surface area contributed by atoms with Gasteiger partial charge >= 0.3 is 0 Å². The van der Waals surface area contributed by atoms with E-state index in [-0.39, 0.29) is 5.91 Å². The number of carbonyl (C=O) groups is 1. The van der Waals surface area contributed by atoms with Gasteiger partial charge in [-0.1, -0.05) is 29.8 Å². The Bertz CT molecular complexity index is 420. The summed E-state index contributed by atoms with van der Waals surface area (Å²) in [7, 11) is 0. The van der Waals surface area contributed by atoms with Gasteiger partial charge in [-0.15, -0.1) is 0 Å². The Morgan fingerprint density at radius 2 is 1.83 bits per heavy atom. The summed E-state index contributed by atoms with van der Waals surface area (Å²) in [6.07, 6.45) is 0.695. The van der Waals surface area contributed by atoms with Crippen molar-refractivity contribution in [3.05, 3.63) is 27.7 Å². The minimum Gasteiger partial charge on any atom is -0.325 e. The first-order chi connectivity index (χ1) is 8.31. The molecule has 1 aromatic rings. The molecule has 3 nitrogen and oxygen atoms in total. The van der Waals surface area contributed by atoms with Crippen LogP contribution in [0.1, 0.15) is 31.4 Å². The Kier molecular flexibility index (Phi) is 5.35. The first kappa shape index (κ1) is 15.2. The number of hydrogen-bond donors (Lipinski definition) is 2. The average Bonchev–Trinajstić information content (AvgIpc) is 2.24. The summed E-state index contributed by atoms with van der Waals surface area (Å²) in [6.45, 7) is 8.11. The Labute approximate surface area is 117 Å². The largest absolute Gasteiger partial charge is 0.325 e. The molecule has 0 radical (unpaired) electrons. The zero-order valence-corrected chi connectivity index (χ0v) is 13.0. The third-order valence-corrected chi connectivity index (χ3v) is 4.02. The summed E-state index contributed by atoms with van der Waals surface area (Å²) in [6, 6.07) is 3.43. The van der Waals surface area contributed by atoms with Crippen LogP contribution in [0.3, 0.4) is 0 Å². The van der Waals surface area contributed by atoms with Gasteiger partial charge in [0.15, 0.2) is 0 Å². The molecule has 0 heterocycles. The molecule has 1 amide bonds. The van der Waals surface area contributed by atoms with Crippen LogP contribution in [0, 0.1) is 19.8 Å². The number of carbonyl (C=O) groups excluding carboxylic acids is 1. The fraction of sp³-hybridized carbons (Fsp3) is 0.500. The molecule has 4 heteroatoms.